The molecule has 1 saturated carbocycles. The summed E-state index contributed by atoms with van der Waals surface area (Å²) >= 11 is 7.76. The third kappa shape index (κ3) is 4.98. The topological polar surface area (TPSA) is 71.9 Å². The quantitative estimate of drug-likeness (QED) is 0.227. The number of nitrogens with zero attached hydrogens (tertiary/aromatic N) is 3. The second-order valence-corrected chi connectivity index (χ2v) is 12.8. The number of para-hydroxylation sites is 1. The van der Waals surface area contributed by atoms with Gasteiger partial charge in [-0.1, -0.05) is 60.7 Å². The van der Waals surface area contributed by atoms with E-state index in [2.05, 4.69) is 47.9 Å². The summed E-state index contributed by atoms with van der Waals surface area (Å²) in [6, 6.07) is 17.3. The van der Waals surface area contributed by atoms with Crippen molar-refractivity contribution in [2.75, 3.05) is 18.1 Å². The van der Waals surface area contributed by atoms with Crippen LogP contribution < -0.4 is 19.7 Å². The highest BCUT2D eigenvalue weighted by atomic mass is 32.2. The summed E-state index contributed by atoms with van der Waals surface area (Å²) < 4.78 is 7.72. The standard InChI is InChI=1S/C31H29N3O4S3/c1-3-15-32-29(37)27(41-31(32)39)30-33(18-26(35)38-4-2)28(36)25(40-30)17-19-13-14-24-22(16-19)21-11-8-12-23(21)34(24)20-9-6-5-7-10-20/h3,5-7,9-10,13-14,16-17,21,23H,1,4,8,11-12,15,18H2,2H3. The SMILES string of the molecule is C=CCN1C(=O)C(=c2sc(=Cc3ccc4c(c3)C3CCCC3N4c3ccccc3)c(=O)n2CC(=O)OCC)SC1=S. The number of amides is 1. The van der Waals surface area contributed by atoms with Crippen molar-refractivity contribution in [1.82, 2.24) is 9.47 Å². The van der Waals surface area contributed by atoms with E-state index in [1.807, 2.05) is 18.2 Å². The summed E-state index contributed by atoms with van der Waals surface area (Å²) in [5.41, 5.74) is 4.29. The molecular weight excluding hydrogens is 575 g/mol. The monoisotopic (exact) mass is 603 g/mol. The molecule has 2 atom stereocenters. The Hall–Kier alpha value is -3.47. The maximum Gasteiger partial charge on any atom is 0.326 e. The van der Waals surface area contributed by atoms with Crippen LogP contribution in [0.2, 0.25) is 0 Å². The van der Waals surface area contributed by atoms with E-state index < -0.39 is 5.97 Å². The van der Waals surface area contributed by atoms with E-state index in [0.717, 1.165) is 30.2 Å². The summed E-state index contributed by atoms with van der Waals surface area (Å²) in [6.45, 7) is 5.62. The van der Waals surface area contributed by atoms with Crippen LogP contribution in [0.25, 0.3) is 11.0 Å². The summed E-state index contributed by atoms with van der Waals surface area (Å²) in [5, 5.41) is 0. The predicted octanol–water partition coefficient (Wildman–Crippen LogP) is 4.24. The number of aromatic nitrogens is 1. The number of hydrogen-bond acceptors (Lipinski definition) is 8. The van der Waals surface area contributed by atoms with Gasteiger partial charge in [0.15, 0.2) is 0 Å². The number of hydrogen-bond donors (Lipinski definition) is 0. The van der Waals surface area contributed by atoms with Crippen molar-refractivity contribution in [3.05, 3.63) is 91.9 Å². The molecule has 2 unspecified atom stereocenters. The van der Waals surface area contributed by atoms with Gasteiger partial charge in [-0.15, -0.1) is 17.9 Å². The third-order valence-electron chi connectivity index (χ3n) is 7.71. The first-order valence-corrected chi connectivity index (χ1v) is 15.7. The lowest BCUT2D eigenvalue weighted by atomic mass is 9.96. The van der Waals surface area contributed by atoms with Gasteiger partial charge in [0.1, 0.15) is 20.4 Å². The van der Waals surface area contributed by atoms with Crippen molar-refractivity contribution < 1.29 is 14.3 Å². The van der Waals surface area contributed by atoms with Gasteiger partial charge in [-0.25, -0.2) is 0 Å². The number of esters is 1. The molecular formula is C31H29N3O4S3. The van der Waals surface area contributed by atoms with Crippen LogP contribution in [0.3, 0.4) is 0 Å². The van der Waals surface area contributed by atoms with Crippen molar-refractivity contribution >= 4 is 73.9 Å². The van der Waals surface area contributed by atoms with Crippen LogP contribution in [0.1, 0.15) is 43.2 Å². The number of carbonyl (C=O) groups excluding carboxylic acids is 2. The molecule has 6 rings (SSSR count). The van der Waals surface area contributed by atoms with Gasteiger partial charge in [-0.2, -0.15) is 0 Å². The Balaban J connectivity index is 1.46. The fourth-order valence-corrected chi connectivity index (χ4v) is 8.55. The molecule has 3 heterocycles. The van der Waals surface area contributed by atoms with Crippen LogP contribution in [-0.4, -0.2) is 44.9 Å². The maximum atomic E-state index is 13.7. The number of thioether (sulfide) groups is 1. The minimum atomic E-state index is -0.535. The Morgan fingerprint density at radius 2 is 1.98 bits per heavy atom. The average molecular weight is 604 g/mol. The second kappa shape index (κ2) is 11.4. The molecule has 7 nitrogen and oxygen atoms in total. The van der Waals surface area contributed by atoms with E-state index in [9.17, 15) is 14.4 Å². The summed E-state index contributed by atoms with van der Waals surface area (Å²) in [7, 11) is 0. The highest BCUT2D eigenvalue weighted by Gasteiger charge is 2.42. The molecule has 1 amide bonds. The second-order valence-electron chi connectivity index (χ2n) is 10.1. The minimum Gasteiger partial charge on any atom is -0.465 e. The van der Waals surface area contributed by atoms with Crippen molar-refractivity contribution in [2.45, 2.75) is 44.7 Å². The molecule has 210 valence electrons. The fourth-order valence-electron chi connectivity index (χ4n) is 6.02. The Labute approximate surface area is 251 Å². The van der Waals surface area contributed by atoms with Crippen molar-refractivity contribution in [1.29, 1.82) is 0 Å². The zero-order valence-corrected chi connectivity index (χ0v) is 25.0. The van der Waals surface area contributed by atoms with Gasteiger partial charge < -0.3 is 9.64 Å². The molecule has 0 N–H and O–H groups in total. The predicted molar refractivity (Wildman–Crippen MR) is 169 cm³/mol. The van der Waals surface area contributed by atoms with Gasteiger partial charge in [-0.05, 0) is 61.2 Å². The Bertz CT molecular complexity index is 1740. The van der Waals surface area contributed by atoms with Crippen molar-refractivity contribution in [3.63, 3.8) is 0 Å². The molecule has 1 aliphatic carbocycles. The molecule has 1 aromatic heterocycles. The van der Waals surface area contributed by atoms with Gasteiger partial charge >= 0.3 is 5.97 Å². The number of rotatable bonds is 7. The highest BCUT2D eigenvalue weighted by molar-refractivity contribution is 8.30. The lowest BCUT2D eigenvalue weighted by Crippen LogP contribution is -2.36. The first-order valence-electron chi connectivity index (χ1n) is 13.6. The van der Waals surface area contributed by atoms with Gasteiger partial charge in [-0.3, -0.25) is 23.9 Å². The number of anilines is 2. The molecule has 0 radical (unpaired) electrons. The summed E-state index contributed by atoms with van der Waals surface area (Å²) in [6.07, 6.45) is 6.94. The lowest BCUT2D eigenvalue weighted by Gasteiger charge is -2.27. The molecule has 0 spiro atoms. The number of carbonyl (C=O) groups is 2. The van der Waals surface area contributed by atoms with E-state index in [-0.39, 0.29) is 31.2 Å². The van der Waals surface area contributed by atoms with Crippen molar-refractivity contribution in [3.8, 4) is 0 Å². The van der Waals surface area contributed by atoms with E-state index in [1.165, 1.54) is 44.2 Å². The minimum absolute atomic E-state index is 0.199. The van der Waals surface area contributed by atoms with Crippen molar-refractivity contribution in [2.24, 2.45) is 0 Å². The lowest BCUT2D eigenvalue weighted by molar-refractivity contribution is -0.143. The normalized spacial score (nSPS) is 21.4. The van der Waals surface area contributed by atoms with Crippen LogP contribution in [0.5, 0.6) is 0 Å². The molecule has 3 aromatic rings. The summed E-state index contributed by atoms with van der Waals surface area (Å²) in [4.78, 5) is 43.6. The third-order valence-corrected chi connectivity index (χ3v) is 10.4. The highest BCUT2D eigenvalue weighted by Crippen LogP contribution is 2.52. The van der Waals surface area contributed by atoms with Crippen LogP contribution in [0.4, 0.5) is 11.4 Å². The van der Waals surface area contributed by atoms with Gasteiger partial charge in [0.2, 0.25) is 0 Å². The van der Waals surface area contributed by atoms with E-state index in [4.69, 9.17) is 17.0 Å². The largest absolute Gasteiger partial charge is 0.465 e. The van der Waals surface area contributed by atoms with Crippen LogP contribution in [-0.2, 0) is 20.9 Å². The number of thiazole rings is 1. The zero-order chi connectivity index (χ0) is 28.7. The first kappa shape index (κ1) is 27.7. The Morgan fingerprint density at radius 1 is 1.17 bits per heavy atom. The molecule has 2 fully saturated rings. The molecule has 0 bridgehead atoms. The summed E-state index contributed by atoms with van der Waals surface area (Å²) in [5.74, 6) is -0.387. The fraction of sp³-hybridized carbons (Fsp3) is 0.290. The van der Waals surface area contributed by atoms with Gasteiger partial charge in [0.25, 0.3) is 11.5 Å². The average Bonchev–Trinajstić information content (AvgIpc) is 3.70. The van der Waals surface area contributed by atoms with E-state index >= 15 is 0 Å². The number of ether oxygens (including phenoxy) is 1. The van der Waals surface area contributed by atoms with E-state index in [0.29, 0.717) is 30.4 Å². The maximum absolute atomic E-state index is 13.7. The number of benzene rings is 2. The van der Waals surface area contributed by atoms with Gasteiger partial charge in [0.05, 0.1) is 11.1 Å². The van der Waals surface area contributed by atoms with Gasteiger partial charge in [0, 0.05) is 29.9 Å². The Morgan fingerprint density at radius 3 is 2.73 bits per heavy atom. The zero-order valence-electron chi connectivity index (χ0n) is 22.6. The van der Waals surface area contributed by atoms with Crippen LogP contribution in [0.15, 0.2) is 66.0 Å². The molecule has 2 aromatic carbocycles. The first-order chi connectivity index (χ1) is 19.9. The molecule has 3 aliphatic rings. The Kier molecular flexibility index (Phi) is 7.72. The number of thiocarbonyl (C=S) groups is 1. The molecule has 41 heavy (non-hydrogen) atoms. The molecule has 10 heteroatoms. The van der Waals surface area contributed by atoms with Crippen LogP contribution >= 0.6 is 35.3 Å². The van der Waals surface area contributed by atoms with E-state index in [1.54, 1.807) is 13.0 Å². The number of fused-ring (bicyclic) bond motifs is 3. The molecule has 1 saturated heterocycles. The smallest absolute Gasteiger partial charge is 0.326 e. The molecule has 2 aliphatic heterocycles. The van der Waals surface area contributed by atoms with Crippen LogP contribution in [0, 0.1) is 0 Å².